The summed E-state index contributed by atoms with van der Waals surface area (Å²) in [6, 6.07) is 7.17. The first-order valence-corrected chi connectivity index (χ1v) is 10.4. The zero-order valence-electron chi connectivity index (χ0n) is 15.5. The number of hydrogen-bond donors (Lipinski definition) is 1. The number of carbonyl (C=O) groups excluding carboxylic acids is 1. The van der Waals surface area contributed by atoms with Crippen LogP contribution < -0.4 is 10.1 Å². The maximum atomic E-state index is 13.7. The topological polar surface area (TPSA) is 88.6 Å². The van der Waals surface area contributed by atoms with Gasteiger partial charge in [0.05, 0.1) is 7.11 Å². The Morgan fingerprint density at radius 2 is 2.07 bits per heavy atom. The fourth-order valence-corrected chi connectivity index (χ4v) is 4.58. The van der Waals surface area contributed by atoms with Gasteiger partial charge >= 0.3 is 0 Å². The van der Waals surface area contributed by atoms with E-state index in [1.807, 2.05) is 0 Å². The van der Waals surface area contributed by atoms with Crippen molar-refractivity contribution in [2.45, 2.75) is 17.7 Å². The molecule has 0 radical (unpaired) electrons. The average Bonchev–Trinajstić information content (AvgIpc) is 2.73. The Morgan fingerprint density at radius 1 is 1.32 bits per heavy atom. The molecule has 7 nitrogen and oxygen atoms in total. The zero-order valence-corrected chi connectivity index (χ0v) is 16.3. The van der Waals surface area contributed by atoms with Crippen LogP contribution in [0.3, 0.4) is 0 Å². The van der Waals surface area contributed by atoms with Gasteiger partial charge in [0.15, 0.2) is 11.6 Å². The van der Waals surface area contributed by atoms with E-state index in [9.17, 15) is 17.6 Å². The van der Waals surface area contributed by atoms with Crippen molar-refractivity contribution in [1.82, 2.24) is 14.6 Å². The van der Waals surface area contributed by atoms with Gasteiger partial charge in [-0.1, -0.05) is 0 Å². The smallest absolute Gasteiger partial charge is 0.251 e. The second kappa shape index (κ2) is 8.66. The SMILES string of the molecule is COc1ccc(C(=O)NCC2CCN(S(=O)(=O)c3cccnc3)CC2)cc1F. The number of pyridine rings is 1. The molecule has 1 aliphatic heterocycles. The Kier molecular flexibility index (Phi) is 6.25. The maximum absolute atomic E-state index is 13.7. The number of nitrogens with one attached hydrogen (secondary N) is 1. The third-order valence-electron chi connectivity index (χ3n) is 4.81. The lowest BCUT2D eigenvalue weighted by molar-refractivity contribution is 0.0941. The molecule has 0 unspecified atom stereocenters. The van der Waals surface area contributed by atoms with Crippen LogP contribution in [-0.2, 0) is 10.0 Å². The van der Waals surface area contributed by atoms with Gasteiger partial charge < -0.3 is 10.1 Å². The molecular formula is C19H22FN3O4S. The summed E-state index contributed by atoms with van der Waals surface area (Å²) in [4.78, 5) is 16.3. The molecule has 0 atom stereocenters. The first kappa shape index (κ1) is 20.2. The summed E-state index contributed by atoms with van der Waals surface area (Å²) in [7, 11) is -2.18. The summed E-state index contributed by atoms with van der Waals surface area (Å²) in [6.45, 7) is 1.18. The molecular weight excluding hydrogens is 385 g/mol. The van der Waals surface area contributed by atoms with E-state index in [0.717, 1.165) is 6.07 Å². The number of methoxy groups -OCH3 is 1. The first-order valence-electron chi connectivity index (χ1n) is 8.93. The third kappa shape index (κ3) is 4.48. The lowest BCUT2D eigenvalue weighted by Crippen LogP contribution is -2.41. The van der Waals surface area contributed by atoms with Crippen LogP contribution in [0.5, 0.6) is 5.75 Å². The number of hydrogen-bond acceptors (Lipinski definition) is 5. The Labute approximate surface area is 163 Å². The number of amides is 1. The van der Waals surface area contributed by atoms with Gasteiger partial charge in [0.1, 0.15) is 4.90 Å². The minimum absolute atomic E-state index is 0.0822. The number of rotatable bonds is 6. The third-order valence-corrected chi connectivity index (χ3v) is 6.69. The van der Waals surface area contributed by atoms with Crippen LogP contribution in [0.25, 0.3) is 0 Å². The summed E-state index contributed by atoms with van der Waals surface area (Å²) < 4.78 is 45.2. The van der Waals surface area contributed by atoms with Crippen molar-refractivity contribution in [3.63, 3.8) is 0 Å². The molecule has 0 saturated carbocycles. The van der Waals surface area contributed by atoms with Gasteiger partial charge in [-0.25, -0.2) is 12.8 Å². The van der Waals surface area contributed by atoms with Crippen molar-refractivity contribution in [2.75, 3.05) is 26.7 Å². The summed E-state index contributed by atoms with van der Waals surface area (Å²) in [5, 5.41) is 2.79. The minimum Gasteiger partial charge on any atom is -0.494 e. The standard InChI is InChI=1S/C19H22FN3O4S/c1-27-18-5-4-15(11-17(18)20)19(24)22-12-14-6-9-23(10-7-14)28(25,26)16-3-2-8-21-13-16/h2-5,8,11,13-14H,6-7,9-10,12H2,1H3,(H,22,24). The molecule has 1 aromatic heterocycles. The predicted molar refractivity (Wildman–Crippen MR) is 101 cm³/mol. The number of nitrogens with zero attached hydrogens (tertiary/aromatic N) is 2. The number of halogens is 1. The number of aromatic nitrogens is 1. The average molecular weight is 407 g/mol. The van der Waals surface area contributed by atoms with Crippen molar-refractivity contribution in [3.05, 3.63) is 54.1 Å². The number of ether oxygens (including phenoxy) is 1. The highest BCUT2D eigenvalue weighted by Crippen LogP contribution is 2.23. The van der Waals surface area contributed by atoms with E-state index in [4.69, 9.17) is 4.74 Å². The van der Waals surface area contributed by atoms with Gasteiger partial charge in [-0.05, 0) is 49.1 Å². The van der Waals surface area contributed by atoms with Crippen molar-refractivity contribution < 1.29 is 22.3 Å². The molecule has 1 saturated heterocycles. The molecule has 1 aliphatic rings. The largest absolute Gasteiger partial charge is 0.494 e. The van der Waals surface area contributed by atoms with E-state index in [0.29, 0.717) is 32.5 Å². The van der Waals surface area contributed by atoms with Gasteiger partial charge in [0.2, 0.25) is 10.0 Å². The molecule has 28 heavy (non-hydrogen) atoms. The quantitative estimate of drug-likeness (QED) is 0.792. The minimum atomic E-state index is -3.54. The van der Waals surface area contributed by atoms with Gasteiger partial charge in [-0.15, -0.1) is 0 Å². The van der Waals surface area contributed by atoms with Gasteiger partial charge in [0.25, 0.3) is 5.91 Å². The number of carbonyl (C=O) groups is 1. The molecule has 2 aromatic rings. The Balaban J connectivity index is 1.52. The normalized spacial score (nSPS) is 15.9. The Morgan fingerprint density at radius 3 is 2.68 bits per heavy atom. The molecule has 1 amide bonds. The van der Waals surface area contributed by atoms with Crippen LogP contribution in [0.15, 0.2) is 47.6 Å². The van der Waals surface area contributed by atoms with Gasteiger partial charge in [0, 0.05) is 37.6 Å². The fourth-order valence-electron chi connectivity index (χ4n) is 3.15. The number of sulfonamides is 1. The molecule has 0 bridgehead atoms. The second-order valence-corrected chi connectivity index (χ2v) is 8.53. The van der Waals surface area contributed by atoms with Crippen molar-refractivity contribution in [2.24, 2.45) is 5.92 Å². The van der Waals surface area contributed by atoms with E-state index in [2.05, 4.69) is 10.3 Å². The number of piperidine rings is 1. The lowest BCUT2D eigenvalue weighted by Gasteiger charge is -2.31. The first-order chi connectivity index (χ1) is 13.4. The summed E-state index contributed by atoms with van der Waals surface area (Å²) in [5.41, 5.74) is 0.217. The fraction of sp³-hybridized carbons (Fsp3) is 0.368. The highest BCUT2D eigenvalue weighted by atomic mass is 32.2. The highest BCUT2D eigenvalue weighted by molar-refractivity contribution is 7.89. The molecule has 9 heteroatoms. The molecule has 0 spiro atoms. The van der Waals surface area contributed by atoms with Crippen LogP contribution in [0, 0.1) is 11.7 Å². The molecule has 1 fully saturated rings. The van der Waals surface area contributed by atoms with E-state index in [-0.39, 0.29) is 28.0 Å². The highest BCUT2D eigenvalue weighted by Gasteiger charge is 2.29. The lowest BCUT2D eigenvalue weighted by atomic mass is 9.98. The Hall–Kier alpha value is -2.52. The van der Waals surface area contributed by atoms with Crippen LogP contribution in [0.4, 0.5) is 4.39 Å². The Bertz CT molecular complexity index is 929. The van der Waals surface area contributed by atoms with Crippen molar-refractivity contribution in [1.29, 1.82) is 0 Å². The van der Waals surface area contributed by atoms with Crippen LogP contribution in [0.2, 0.25) is 0 Å². The molecule has 150 valence electrons. The van der Waals surface area contributed by atoms with Crippen molar-refractivity contribution >= 4 is 15.9 Å². The molecule has 1 aromatic carbocycles. The summed E-state index contributed by atoms with van der Waals surface area (Å²) in [6.07, 6.45) is 4.14. The molecule has 3 rings (SSSR count). The van der Waals surface area contributed by atoms with Crippen LogP contribution in [0.1, 0.15) is 23.2 Å². The second-order valence-electron chi connectivity index (χ2n) is 6.60. The monoisotopic (exact) mass is 407 g/mol. The maximum Gasteiger partial charge on any atom is 0.251 e. The van der Waals surface area contributed by atoms with E-state index in [1.54, 1.807) is 6.07 Å². The van der Waals surface area contributed by atoms with E-state index < -0.39 is 15.8 Å². The van der Waals surface area contributed by atoms with E-state index in [1.165, 1.54) is 42.0 Å². The van der Waals surface area contributed by atoms with Crippen LogP contribution in [-0.4, -0.2) is 50.4 Å². The molecule has 2 heterocycles. The number of benzene rings is 1. The summed E-state index contributed by atoms with van der Waals surface area (Å²) >= 11 is 0. The van der Waals surface area contributed by atoms with E-state index >= 15 is 0 Å². The van der Waals surface area contributed by atoms with Crippen molar-refractivity contribution in [3.8, 4) is 5.75 Å². The zero-order chi connectivity index (χ0) is 20.1. The molecule has 1 N–H and O–H groups in total. The van der Waals surface area contributed by atoms with Gasteiger partial charge in [-0.2, -0.15) is 4.31 Å². The molecule has 0 aliphatic carbocycles. The predicted octanol–water partition coefficient (Wildman–Crippen LogP) is 2.06. The van der Waals surface area contributed by atoms with Gasteiger partial charge in [-0.3, -0.25) is 9.78 Å². The summed E-state index contributed by atoms with van der Waals surface area (Å²) in [5.74, 6) is -0.720. The van der Waals surface area contributed by atoms with Crippen LogP contribution >= 0.6 is 0 Å².